The molecule has 2 aromatic carbocycles. The van der Waals surface area contributed by atoms with Gasteiger partial charge in [-0.15, -0.1) is 0 Å². The summed E-state index contributed by atoms with van der Waals surface area (Å²) in [6.07, 6.45) is 3.73. The van der Waals surface area contributed by atoms with Crippen LogP contribution in [0.15, 0.2) is 61.2 Å². The summed E-state index contributed by atoms with van der Waals surface area (Å²) in [7, 11) is 0. The Labute approximate surface area is 179 Å². The third kappa shape index (κ3) is 4.72. The van der Waals surface area contributed by atoms with Crippen molar-refractivity contribution in [3.63, 3.8) is 0 Å². The molecule has 0 spiro atoms. The Bertz CT molecular complexity index is 1080. The molecule has 0 amide bonds. The maximum atomic E-state index is 11.0. The fraction of sp³-hybridized carbons (Fsp3) is 0.238. The van der Waals surface area contributed by atoms with Crippen LogP contribution in [0.4, 0.5) is 0 Å². The van der Waals surface area contributed by atoms with Crippen LogP contribution in [0.3, 0.4) is 0 Å². The van der Waals surface area contributed by atoms with Gasteiger partial charge in [-0.3, -0.25) is 0 Å². The van der Waals surface area contributed by atoms with Gasteiger partial charge in [-0.05, 0) is 12.8 Å². The number of halogens is 1. The summed E-state index contributed by atoms with van der Waals surface area (Å²) in [5.74, 6) is 0. The summed E-state index contributed by atoms with van der Waals surface area (Å²) in [6, 6.07) is 10.4. The normalized spacial score (nSPS) is 13.0. The SMILES string of the molecule is CCC(N)CC.OP(O)(Cl)(c1ccc2cnncc2c1)c1ccc2cnncc2c1. The second-order valence-corrected chi connectivity index (χ2v) is 11.9. The van der Waals surface area contributed by atoms with Crippen LogP contribution in [-0.4, -0.2) is 36.2 Å². The van der Waals surface area contributed by atoms with Crippen LogP contribution < -0.4 is 16.3 Å². The molecule has 0 saturated heterocycles. The number of benzene rings is 2. The molecule has 4 aromatic rings. The van der Waals surface area contributed by atoms with Crippen LogP contribution in [0.2, 0.25) is 0 Å². The van der Waals surface area contributed by atoms with E-state index in [0.717, 1.165) is 34.4 Å². The Morgan fingerprint density at radius 1 is 0.767 bits per heavy atom. The molecule has 0 atom stereocenters. The number of hydrogen-bond donors (Lipinski definition) is 3. The van der Waals surface area contributed by atoms with Crippen LogP contribution in [0, 0.1) is 0 Å². The van der Waals surface area contributed by atoms with Crippen molar-refractivity contribution in [1.29, 1.82) is 0 Å². The molecule has 2 heterocycles. The Hall–Kier alpha value is -2.28. The van der Waals surface area contributed by atoms with Crippen molar-refractivity contribution >= 4 is 49.8 Å². The number of nitrogens with zero attached hydrogens (tertiary/aromatic N) is 4. The molecule has 2 aromatic heterocycles. The Morgan fingerprint density at radius 2 is 1.13 bits per heavy atom. The molecule has 4 rings (SSSR count). The summed E-state index contributed by atoms with van der Waals surface area (Å²) >= 11 is 6.41. The molecule has 158 valence electrons. The van der Waals surface area contributed by atoms with E-state index in [-0.39, 0.29) is 10.6 Å². The molecule has 0 radical (unpaired) electrons. The summed E-state index contributed by atoms with van der Waals surface area (Å²) in [5.41, 5.74) is 5.47. The van der Waals surface area contributed by atoms with Crippen LogP contribution in [0.25, 0.3) is 21.5 Å². The van der Waals surface area contributed by atoms with Gasteiger partial charge in [0.25, 0.3) is 0 Å². The van der Waals surface area contributed by atoms with Gasteiger partial charge in [0, 0.05) is 6.04 Å². The Kier molecular flexibility index (Phi) is 6.60. The second-order valence-electron chi connectivity index (χ2n) is 7.10. The molecule has 0 aliphatic heterocycles. The first kappa shape index (κ1) is 22.4. The molecular weight excluding hydrogens is 421 g/mol. The molecule has 0 fully saturated rings. The Morgan fingerprint density at radius 3 is 1.47 bits per heavy atom. The molecule has 0 bridgehead atoms. The van der Waals surface area contributed by atoms with E-state index >= 15 is 0 Å². The molecule has 0 aliphatic carbocycles. The van der Waals surface area contributed by atoms with E-state index in [1.165, 1.54) is 0 Å². The van der Waals surface area contributed by atoms with Gasteiger partial charge < -0.3 is 5.73 Å². The number of hydrogen-bond acceptors (Lipinski definition) is 7. The zero-order valence-corrected chi connectivity index (χ0v) is 18.5. The second kappa shape index (κ2) is 8.84. The van der Waals surface area contributed by atoms with E-state index in [0.29, 0.717) is 6.04 Å². The fourth-order valence-corrected chi connectivity index (χ4v) is 5.24. The first-order valence-electron chi connectivity index (χ1n) is 9.64. The standard InChI is InChI=1S/C16H12ClN4O2P.C5H13N/c17-24(22,23,15-3-1-11-7-18-20-9-13(11)5-15)16-4-2-12-8-19-21-10-14(12)6-16;1-3-5(6)4-2/h1-10,22-23H;5H,3-4,6H2,1-2H3. The molecule has 7 nitrogen and oxygen atoms in total. The van der Waals surface area contributed by atoms with E-state index in [2.05, 4.69) is 34.2 Å². The number of fused-ring (bicyclic) bond motifs is 2. The van der Waals surface area contributed by atoms with Crippen molar-refractivity contribution in [1.82, 2.24) is 20.4 Å². The number of nitrogens with two attached hydrogens (primary N) is 1. The molecule has 0 unspecified atom stereocenters. The number of rotatable bonds is 4. The quantitative estimate of drug-likeness (QED) is 0.413. The maximum absolute atomic E-state index is 11.0. The van der Waals surface area contributed by atoms with Gasteiger partial charge in [-0.1, -0.05) is 13.8 Å². The van der Waals surface area contributed by atoms with Gasteiger partial charge in [0.05, 0.1) is 0 Å². The minimum atomic E-state index is -4.80. The van der Waals surface area contributed by atoms with Crippen LogP contribution >= 0.6 is 17.7 Å². The first-order chi connectivity index (χ1) is 14.2. The number of aromatic nitrogens is 4. The molecule has 9 heteroatoms. The average Bonchev–Trinajstić information content (AvgIpc) is 2.78. The molecule has 0 aliphatic rings. The first-order valence-corrected chi connectivity index (χ1v) is 12.7. The third-order valence-corrected chi connectivity index (χ3v) is 8.58. The molecule has 30 heavy (non-hydrogen) atoms. The van der Waals surface area contributed by atoms with Gasteiger partial charge in [-0.25, -0.2) is 0 Å². The van der Waals surface area contributed by atoms with Crippen LogP contribution in [0.1, 0.15) is 26.7 Å². The van der Waals surface area contributed by atoms with Gasteiger partial charge in [0.15, 0.2) is 0 Å². The van der Waals surface area contributed by atoms with Crippen molar-refractivity contribution in [3.05, 3.63) is 61.2 Å². The topological polar surface area (TPSA) is 118 Å². The predicted molar refractivity (Wildman–Crippen MR) is 124 cm³/mol. The van der Waals surface area contributed by atoms with Gasteiger partial charge in [-0.2, -0.15) is 0 Å². The zero-order chi connectivity index (χ0) is 21.8. The van der Waals surface area contributed by atoms with Gasteiger partial charge in [0.2, 0.25) is 0 Å². The molecule has 4 N–H and O–H groups in total. The van der Waals surface area contributed by atoms with Crippen molar-refractivity contribution in [2.75, 3.05) is 0 Å². The fourth-order valence-electron chi connectivity index (χ4n) is 2.90. The summed E-state index contributed by atoms with van der Waals surface area (Å²) in [6.45, 7) is 4.21. The van der Waals surface area contributed by atoms with E-state index in [9.17, 15) is 9.79 Å². The van der Waals surface area contributed by atoms with Crippen LogP contribution in [0.5, 0.6) is 0 Å². The molecular formula is C21H25ClN5O2P. The van der Waals surface area contributed by atoms with E-state index in [1.807, 2.05) is 0 Å². The van der Waals surface area contributed by atoms with E-state index in [1.54, 1.807) is 61.2 Å². The van der Waals surface area contributed by atoms with Crippen LogP contribution in [-0.2, 0) is 0 Å². The minimum absolute atomic E-state index is 0.240. The third-order valence-electron chi connectivity index (χ3n) is 5.03. The van der Waals surface area contributed by atoms with Crippen molar-refractivity contribution in [3.8, 4) is 0 Å². The van der Waals surface area contributed by atoms with E-state index in [4.69, 9.17) is 17.0 Å². The molecule has 0 saturated carbocycles. The predicted octanol–water partition coefficient (Wildman–Crippen LogP) is 3.18. The van der Waals surface area contributed by atoms with Crippen molar-refractivity contribution < 1.29 is 9.79 Å². The summed E-state index contributed by atoms with van der Waals surface area (Å²) in [5, 5.41) is 18.9. The van der Waals surface area contributed by atoms with Crippen molar-refractivity contribution in [2.24, 2.45) is 5.73 Å². The van der Waals surface area contributed by atoms with Crippen molar-refractivity contribution in [2.45, 2.75) is 32.7 Å². The Balaban J connectivity index is 0.000000377. The van der Waals surface area contributed by atoms with E-state index < -0.39 is 6.41 Å². The average molecular weight is 446 g/mol. The monoisotopic (exact) mass is 445 g/mol. The van der Waals surface area contributed by atoms with Gasteiger partial charge >= 0.3 is 141 Å². The summed E-state index contributed by atoms with van der Waals surface area (Å²) in [4.78, 5) is 22.0. The zero-order valence-electron chi connectivity index (χ0n) is 16.9. The van der Waals surface area contributed by atoms with Gasteiger partial charge in [0.1, 0.15) is 0 Å². The summed E-state index contributed by atoms with van der Waals surface area (Å²) < 4.78 is 0.